The topological polar surface area (TPSA) is 18.1 Å². The molecule has 2 nitrogen and oxygen atoms in total. The summed E-state index contributed by atoms with van der Waals surface area (Å²) in [7, 11) is 0. The molecule has 7 aromatic rings. The Morgan fingerprint density at radius 3 is 1.95 bits per heavy atom. The van der Waals surface area contributed by atoms with E-state index in [9.17, 15) is 0 Å². The van der Waals surface area contributed by atoms with E-state index in [1.54, 1.807) is 0 Å². The molecule has 3 heteroatoms. The predicted octanol–water partition coefficient (Wildman–Crippen LogP) is 10.9. The van der Waals surface area contributed by atoms with Gasteiger partial charge in [-0.25, -0.2) is 0 Å². The second kappa shape index (κ2) is 8.76. The molecular formula is C36H24ClNO. The highest BCUT2D eigenvalue weighted by molar-refractivity contribution is 6.30. The van der Waals surface area contributed by atoms with Crippen molar-refractivity contribution in [1.82, 2.24) is 4.57 Å². The van der Waals surface area contributed by atoms with Gasteiger partial charge in [0.15, 0.2) is 0 Å². The highest BCUT2D eigenvalue weighted by Gasteiger charge is 2.15. The normalized spacial score (nSPS) is 13.6. The molecule has 0 amide bonds. The Bertz CT molecular complexity index is 2120. The van der Waals surface area contributed by atoms with Crippen LogP contribution in [0.5, 0.6) is 0 Å². The molecule has 0 saturated heterocycles. The van der Waals surface area contributed by atoms with E-state index in [0.717, 1.165) is 50.9 Å². The standard InChI is InChI=1S/C36H24ClNO/c37-27-15-10-23(11-16-27)24-13-18-35-31(20-24)32-21-25(14-19-36(32)39-35)26-12-17-30-29-8-4-5-9-33(29)38(34(30)22-26)28-6-2-1-3-7-28/h2,4-22H,1,3H2. The third-order valence-corrected chi connectivity index (χ3v) is 8.14. The average Bonchev–Trinajstić information content (AvgIpc) is 3.52. The van der Waals surface area contributed by atoms with Crippen LogP contribution >= 0.6 is 11.6 Å². The monoisotopic (exact) mass is 521 g/mol. The van der Waals surface area contributed by atoms with Gasteiger partial charge in [-0.3, -0.25) is 0 Å². The molecule has 186 valence electrons. The van der Waals surface area contributed by atoms with Crippen molar-refractivity contribution in [1.29, 1.82) is 0 Å². The van der Waals surface area contributed by atoms with Gasteiger partial charge in [0.25, 0.3) is 0 Å². The van der Waals surface area contributed by atoms with Gasteiger partial charge >= 0.3 is 0 Å². The Hall–Kier alpha value is -4.53. The third kappa shape index (κ3) is 3.64. The molecule has 2 aromatic heterocycles. The summed E-state index contributed by atoms with van der Waals surface area (Å²) >= 11 is 6.12. The number of para-hydroxylation sites is 1. The zero-order valence-corrected chi connectivity index (χ0v) is 22.0. The number of rotatable bonds is 3. The largest absolute Gasteiger partial charge is 0.456 e. The molecule has 0 bridgehead atoms. The first-order valence-corrected chi connectivity index (χ1v) is 13.7. The van der Waals surface area contributed by atoms with E-state index in [-0.39, 0.29) is 0 Å². The summed E-state index contributed by atoms with van der Waals surface area (Å²) in [4.78, 5) is 0. The van der Waals surface area contributed by atoms with Crippen LogP contribution in [0, 0.1) is 0 Å². The molecule has 8 rings (SSSR count). The highest BCUT2D eigenvalue weighted by atomic mass is 35.5. The molecule has 0 unspecified atom stereocenters. The quantitative estimate of drug-likeness (QED) is 0.226. The number of nitrogens with zero attached hydrogens (tertiary/aromatic N) is 1. The van der Waals surface area contributed by atoms with Gasteiger partial charge in [0.2, 0.25) is 0 Å². The Kier molecular flexibility index (Phi) is 5.04. The fourth-order valence-electron chi connectivity index (χ4n) is 5.97. The molecule has 39 heavy (non-hydrogen) atoms. The molecule has 2 heterocycles. The van der Waals surface area contributed by atoms with Crippen LogP contribution in [-0.4, -0.2) is 4.57 Å². The van der Waals surface area contributed by atoms with Gasteiger partial charge < -0.3 is 8.98 Å². The van der Waals surface area contributed by atoms with Crippen molar-refractivity contribution in [3.63, 3.8) is 0 Å². The summed E-state index contributed by atoms with van der Waals surface area (Å²) in [6, 6.07) is 36.4. The van der Waals surface area contributed by atoms with E-state index in [4.69, 9.17) is 16.0 Å². The summed E-state index contributed by atoms with van der Waals surface area (Å²) in [5.41, 5.74) is 10.2. The van der Waals surface area contributed by atoms with Crippen LogP contribution in [-0.2, 0) is 0 Å². The van der Waals surface area contributed by atoms with Crippen LogP contribution in [0.2, 0.25) is 5.02 Å². The molecule has 0 atom stereocenters. The maximum Gasteiger partial charge on any atom is 0.135 e. The van der Waals surface area contributed by atoms with Crippen molar-refractivity contribution in [3.05, 3.63) is 126 Å². The smallest absolute Gasteiger partial charge is 0.135 e. The number of hydrogen-bond acceptors (Lipinski definition) is 1. The lowest BCUT2D eigenvalue weighted by Crippen LogP contribution is -1.97. The van der Waals surface area contributed by atoms with Crippen LogP contribution in [0.15, 0.2) is 126 Å². The number of fused-ring (bicyclic) bond motifs is 6. The first-order chi connectivity index (χ1) is 19.2. The minimum Gasteiger partial charge on any atom is -0.456 e. The van der Waals surface area contributed by atoms with Gasteiger partial charge in [-0.05, 0) is 89.7 Å². The zero-order chi connectivity index (χ0) is 25.9. The van der Waals surface area contributed by atoms with E-state index in [2.05, 4.69) is 114 Å². The number of benzene rings is 5. The second-order valence-electron chi connectivity index (χ2n) is 10.2. The van der Waals surface area contributed by atoms with Gasteiger partial charge in [0.05, 0.1) is 11.0 Å². The first kappa shape index (κ1) is 22.5. The van der Waals surface area contributed by atoms with Crippen molar-refractivity contribution >= 4 is 61.0 Å². The molecule has 5 aromatic carbocycles. The van der Waals surface area contributed by atoms with Crippen molar-refractivity contribution in [2.24, 2.45) is 0 Å². The molecule has 0 saturated carbocycles. The van der Waals surface area contributed by atoms with Gasteiger partial charge in [0.1, 0.15) is 11.2 Å². The Morgan fingerprint density at radius 2 is 1.21 bits per heavy atom. The minimum absolute atomic E-state index is 0.741. The fourth-order valence-corrected chi connectivity index (χ4v) is 6.10. The number of aromatic nitrogens is 1. The van der Waals surface area contributed by atoms with Crippen LogP contribution < -0.4 is 0 Å². The van der Waals surface area contributed by atoms with E-state index in [0.29, 0.717) is 0 Å². The van der Waals surface area contributed by atoms with Gasteiger partial charge in [-0.2, -0.15) is 0 Å². The van der Waals surface area contributed by atoms with Crippen LogP contribution in [0.25, 0.3) is 71.7 Å². The molecule has 0 N–H and O–H groups in total. The fraction of sp³-hybridized carbons (Fsp3) is 0.0556. The SMILES string of the molecule is Clc1ccc(-c2ccc3oc4ccc(-c5ccc6c7ccccc7n(C7=CCCC=C7)c6c5)cc4c3c2)cc1. The van der Waals surface area contributed by atoms with Crippen molar-refractivity contribution in [2.75, 3.05) is 0 Å². The Balaban J connectivity index is 1.31. The van der Waals surface area contributed by atoms with Crippen LogP contribution in [0.1, 0.15) is 12.8 Å². The molecular weight excluding hydrogens is 498 g/mol. The lowest BCUT2D eigenvalue weighted by molar-refractivity contribution is 0.669. The highest BCUT2D eigenvalue weighted by Crippen LogP contribution is 2.38. The number of furan rings is 1. The van der Waals surface area contributed by atoms with Crippen LogP contribution in [0.3, 0.4) is 0 Å². The number of hydrogen-bond donors (Lipinski definition) is 0. The second-order valence-corrected chi connectivity index (χ2v) is 10.7. The molecule has 0 spiro atoms. The number of allylic oxidation sites excluding steroid dienone is 4. The molecule has 0 fully saturated rings. The average molecular weight is 522 g/mol. The molecule has 1 aliphatic carbocycles. The molecule has 0 radical (unpaired) electrons. The van der Waals surface area contributed by atoms with E-state index in [1.807, 2.05) is 12.1 Å². The maximum absolute atomic E-state index is 6.22. The van der Waals surface area contributed by atoms with E-state index in [1.165, 1.54) is 38.6 Å². The summed E-state index contributed by atoms with van der Waals surface area (Å²) < 4.78 is 8.63. The van der Waals surface area contributed by atoms with Crippen molar-refractivity contribution in [3.8, 4) is 22.3 Å². The van der Waals surface area contributed by atoms with Crippen LogP contribution in [0.4, 0.5) is 0 Å². The van der Waals surface area contributed by atoms with Gasteiger partial charge in [0, 0.05) is 32.3 Å². The predicted molar refractivity (Wildman–Crippen MR) is 165 cm³/mol. The summed E-state index contributed by atoms with van der Waals surface area (Å²) in [5.74, 6) is 0. The van der Waals surface area contributed by atoms with Gasteiger partial charge in [-0.15, -0.1) is 0 Å². The summed E-state index contributed by atoms with van der Waals surface area (Å²) in [5, 5.41) is 5.54. The lowest BCUT2D eigenvalue weighted by atomic mass is 9.99. The van der Waals surface area contributed by atoms with Crippen molar-refractivity contribution in [2.45, 2.75) is 12.8 Å². The minimum atomic E-state index is 0.741. The maximum atomic E-state index is 6.22. The summed E-state index contributed by atoms with van der Waals surface area (Å²) in [6.07, 6.45) is 9.05. The first-order valence-electron chi connectivity index (χ1n) is 13.4. The van der Waals surface area contributed by atoms with Gasteiger partial charge in [-0.1, -0.05) is 78.4 Å². The summed E-state index contributed by atoms with van der Waals surface area (Å²) in [6.45, 7) is 0. The zero-order valence-electron chi connectivity index (χ0n) is 21.2. The number of halogens is 1. The third-order valence-electron chi connectivity index (χ3n) is 7.89. The molecule has 0 aliphatic heterocycles. The van der Waals surface area contributed by atoms with Crippen molar-refractivity contribution < 1.29 is 4.42 Å². The van der Waals surface area contributed by atoms with E-state index < -0.39 is 0 Å². The Morgan fingerprint density at radius 1 is 0.564 bits per heavy atom. The Labute approximate surface area is 231 Å². The lowest BCUT2D eigenvalue weighted by Gasteiger charge is -2.12. The van der Waals surface area contributed by atoms with E-state index >= 15 is 0 Å². The molecule has 1 aliphatic rings.